The van der Waals surface area contributed by atoms with Gasteiger partial charge in [-0.1, -0.05) is 59.7 Å². The molecule has 1 saturated heterocycles. The zero-order valence-corrected chi connectivity index (χ0v) is 33.4. The molecule has 4 rings (SSSR count). The minimum absolute atomic E-state index is 0.00129. The summed E-state index contributed by atoms with van der Waals surface area (Å²) in [6.07, 6.45) is 1.81. The third kappa shape index (κ3) is 8.74. The van der Waals surface area contributed by atoms with Gasteiger partial charge in [0.05, 0.1) is 30.5 Å². The normalized spacial score (nSPS) is 19.3. The van der Waals surface area contributed by atoms with Crippen LogP contribution in [0.3, 0.4) is 0 Å². The van der Waals surface area contributed by atoms with Crippen molar-refractivity contribution >= 4 is 45.4 Å². The van der Waals surface area contributed by atoms with Crippen molar-refractivity contribution in [1.82, 2.24) is 19.5 Å². The molecular formula is C34H54N6O7Si2. The van der Waals surface area contributed by atoms with E-state index in [2.05, 4.69) is 82.7 Å². The van der Waals surface area contributed by atoms with E-state index in [1.54, 1.807) is 45.3 Å². The second kappa shape index (κ2) is 13.8. The molecule has 0 N–H and O–H groups in total. The highest BCUT2D eigenvalue weighted by Crippen LogP contribution is 2.43. The monoisotopic (exact) mass is 714 g/mol. The highest BCUT2D eigenvalue weighted by atomic mass is 28.4. The Morgan fingerprint density at radius 2 is 1.63 bits per heavy atom. The van der Waals surface area contributed by atoms with Gasteiger partial charge in [0.15, 0.2) is 33.6 Å². The fraction of sp³-hybridized carbons (Fsp3) is 0.647. The Labute approximate surface area is 292 Å². The zero-order valence-electron chi connectivity index (χ0n) is 31.4. The highest BCUT2D eigenvalue weighted by molar-refractivity contribution is 6.74. The van der Waals surface area contributed by atoms with E-state index in [9.17, 15) is 14.9 Å². The Morgan fingerprint density at radius 1 is 1.00 bits per heavy atom. The number of hydrogen-bond acceptors (Lipinski definition) is 10. The molecule has 3 aromatic rings. The Hall–Kier alpha value is -3.25. The van der Waals surface area contributed by atoms with Crippen LogP contribution in [0, 0.1) is 10.1 Å². The number of anilines is 1. The number of amides is 1. The van der Waals surface area contributed by atoms with Gasteiger partial charge in [0.2, 0.25) is 0 Å². The Balaban J connectivity index is 1.73. The minimum Gasteiger partial charge on any atom is -0.443 e. The van der Waals surface area contributed by atoms with Gasteiger partial charge in [0.25, 0.3) is 5.69 Å². The summed E-state index contributed by atoms with van der Waals surface area (Å²) >= 11 is 0. The number of carbonyl (C=O) groups is 1. The summed E-state index contributed by atoms with van der Waals surface area (Å²) in [5.74, 6) is 0.168. The summed E-state index contributed by atoms with van der Waals surface area (Å²) in [4.78, 5) is 40.0. The summed E-state index contributed by atoms with van der Waals surface area (Å²) < 4.78 is 27.9. The molecule has 0 aliphatic carbocycles. The standard InChI is InChI=1S/C34H54N6O7Si2/c1-32(2,3)46-31(41)38(19-23-16-14-15-17-24(23)40(42)43)29-28-30(36-21-35-29)39(22-37-28)27-18-25(47-49(12,13)34(7,8)9)26(45-27)20-44-48(10,11)33(4,5)6/h14-17,21-22,25-27H,18-20H2,1-13H3/t25?,26-,27-/m1/s1. The van der Waals surface area contributed by atoms with E-state index >= 15 is 0 Å². The van der Waals surface area contributed by atoms with Crippen molar-refractivity contribution in [3.63, 3.8) is 0 Å². The molecule has 1 amide bonds. The van der Waals surface area contributed by atoms with E-state index in [-0.39, 0.29) is 40.3 Å². The van der Waals surface area contributed by atoms with Crippen molar-refractivity contribution in [1.29, 1.82) is 0 Å². The number of hydrogen-bond donors (Lipinski definition) is 0. The lowest BCUT2D eigenvalue weighted by Crippen LogP contribution is -2.48. The van der Waals surface area contributed by atoms with E-state index in [0.717, 1.165) is 0 Å². The highest BCUT2D eigenvalue weighted by Gasteiger charge is 2.47. The molecule has 0 spiro atoms. The number of nitro benzene ring substituents is 1. The molecule has 3 heterocycles. The molecule has 49 heavy (non-hydrogen) atoms. The van der Waals surface area contributed by atoms with Gasteiger partial charge in [-0.25, -0.2) is 19.7 Å². The Morgan fingerprint density at radius 3 is 2.22 bits per heavy atom. The fourth-order valence-electron chi connectivity index (χ4n) is 4.99. The molecule has 0 radical (unpaired) electrons. The van der Waals surface area contributed by atoms with Crippen LogP contribution < -0.4 is 4.90 Å². The maximum Gasteiger partial charge on any atom is 0.416 e. The van der Waals surface area contributed by atoms with Gasteiger partial charge in [-0.2, -0.15) is 0 Å². The van der Waals surface area contributed by atoms with Gasteiger partial charge in [-0.05, 0) is 57.0 Å². The van der Waals surface area contributed by atoms with Crippen molar-refractivity contribution in [3.05, 3.63) is 52.6 Å². The molecule has 270 valence electrons. The third-order valence-corrected chi connectivity index (χ3v) is 18.9. The molecule has 2 aromatic heterocycles. The van der Waals surface area contributed by atoms with E-state index in [1.165, 1.54) is 17.3 Å². The number of rotatable bonds is 10. The number of carbonyl (C=O) groups excluding carboxylic acids is 1. The number of aromatic nitrogens is 4. The average Bonchev–Trinajstić information content (AvgIpc) is 3.56. The van der Waals surface area contributed by atoms with Crippen molar-refractivity contribution in [2.75, 3.05) is 11.5 Å². The smallest absolute Gasteiger partial charge is 0.416 e. The van der Waals surface area contributed by atoms with Crippen molar-refractivity contribution < 1.29 is 28.0 Å². The van der Waals surface area contributed by atoms with Crippen LogP contribution in [0.5, 0.6) is 0 Å². The number of ether oxygens (including phenoxy) is 2. The lowest BCUT2D eigenvalue weighted by Gasteiger charge is -2.40. The fourth-order valence-corrected chi connectivity index (χ4v) is 7.36. The quantitative estimate of drug-likeness (QED) is 0.114. The van der Waals surface area contributed by atoms with Crippen molar-refractivity contribution in [3.8, 4) is 0 Å². The molecule has 1 aliphatic rings. The first kappa shape index (κ1) is 38.6. The molecule has 3 atom stereocenters. The lowest BCUT2D eigenvalue weighted by molar-refractivity contribution is -0.385. The first-order valence-corrected chi connectivity index (χ1v) is 22.6. The van der Waals surface area contributed by atoms with Crippen LogP contribution in [0.2, 0.25) is 36.3 Å². The van der Waals surface area contributed by atoms with Gasteiger partial charge >= 0.3 is 6.09 Å². The van der Waals surface area contributed by atoms with E-state index in [4.69, 9.17) is 18.3 Å². The van der Waals surface area contributed by atoms with E-state index in [0.29, 0.717) is 29.8 Å². The number of nitro groups is 1. The van der Waals surface area contributed by atoms with Crippen LogP contribution in [0.25, 0.3) is 11.2 Å². The molecule has 0 bridgehead atoms. The van der Waals surface area contributed by atoms with Crippen LogP contribution in [-0.4, -0.2) is 71.6 Å². The van der Waals surface area contributed by atoms with E-state index < -0.39 is 39.5 Å². The van der Waals surface area contributed by atoms with E-state index in [1.807, 2.05) is 4.57 Å². The maximum atomic E-state index is 13.7. The molecule has 1 unspecified atom stereocenters. The number of nitrogens with zero attached hydrogens (tertiary/aromatic N) is 6. The first-order valence-electron chi connectivity index (χ1n) is 16.8. The largest absolute Gasteiger partial charge is 0.443 e. The maximum absolute atomic E-state index is 13.7. The van der Waals surface area contributed by atoms with Crippen LogP contribution >= 0.6 is 0 Å². The molecule has 13 nitrogen and oxygen atoms in total. The average molecular weight is 715 g/mol. The summed E-state index contributed by atoms with van der Waals surface area (Å²) in [5, 5.41) is 11.9. The third-order valence-electron chi connectivity index (χ3n) is 9.88. The number of fused-ring (bicyclic) bond motifs is 1. The Kier molecular flexibility index (Phi) is 10.9. The van der Waals surface area contributed by atoms with Crippen LogP contribution in [0.1, 0.15) is 80.5 Å². The van der Waals surface area contributed by atoms with Crippen molar-refractivity contribution in [2.45, 2.75) is 136 Å². The summed E-state index contributed by atoms with van der Waals surface area (Å²) in [5.41, 5.74) is 0.146. The molecular weight excluding hydrogens is 661 g/mol. The summed E-state index contributed by atoms with van der Waals surface area (Å²) in [7, 11) is -4.25. The predicted molar refractivity (Wildman–Crippen MR) is 195 cm³/mol. The van der Waals surface area contributed by atoms with Crippen LogP contribution in [0.15, 0.2) is 36.9 Å². The lowest BCUT2D eigenvalue weighted by atomic mass is 10.1. The van der Waals surface area contributed by atoms with Crippen LogP contribution in [-0.2, 0) is 24.9 Å². The van der Waals surface area contributed by atoms with Gasteiger partial charge in [0, 0.05) is 18.1 Å². The van der Waals surface area contributed by atoms with Gasteiger partial charge in [-0.3, -0.25) is 19.6 Å². The Bertz CT molecular complexity index is 1660. The predicted octanol–water partition coefficient (Wildman–Crippen LogP) is 8.38. The topological polar surface area (TPSA) is 144 Å². The number of imidazole rings is 1. The molecule has 15 heteroatoms. The second-order valence-corrected chi connectivity index (χ2v) is 26.4. The van der Waals surface area contributed by atoms with Gasteiger partial charge in [0.1, 0.15) is 24.3 Å². The minimum atomic E-state index is -2.18. The summed E-state index contributed by atoms with van der Waals surface area (Å²) in [6, 6.07) is 6.27. The van der Waals surface area contributed by atoms with Crippen molar-refractivity contribution in [2.24, 2.45) is 0 Å². The SMILES string of the molecule is CC(C)(C)OC(=O)N(Cc1ccccc1[N+](=O)[O-])c1ncnc2c1ncn2[C@H]1CC(O[Si](C)(C)C(C)(C)C)[C@@H](CO[Si](C)(C)C(C)(C)C)O1. The number of para-hydroxylation sites is 1. The molecule has 0 saturated carbocycles. The molecule has 1 aliphatic heterocycles. The van der Waals surface area contributed by atoms with Crippen LogP contribution in [0.4, 0.5) is 16.3 Å². The van der Waals surface area contributed by atoms with Gasteiger partial charge in [-0.15, -0.1) is 0 Å². The zero-order chi connectivity index (χ0) is 36.7. The summed E-state index contributed by atoms with van der Waals surface area (Å²) in [6.45, 7) is 27.7. The molecule has 1 aromatic carbocycles. The second-order valence-electron chi connectivity index (χ2n) is 16.8. The first-order chi connectivity index (χ1) is 22.4. The molecule has 1 fully saturated rings. The number of benzene rings is 1. The van der Waals surface area contributed by atoms with Gasteiger partial charge < -0.3 is 18.3 Å².